The predicted molar refractivity (Wildman–Crippen MR) is 88.3 cm³/mol. The number of carbonyl (C=O) groups is 3. The van der Waals surface area contributed by atoms with Gasteiger partial charge in [0.05, 0.1) is 25.0 Å². The molecule has 4 atom stereocenters. The molecule has 2 fully saturated rings. The number of amides is 2. The summed E-state index contributed by atoms with van der Waals surface area (Å²) in [6, 6.07) is 6.93. The van der Waals surface area contributed by atoms with Crippen LogP contribution in [0.3, 0.4) is 0 Å². The van der Waals surface area contributed by atoms with Crippen molar-refractivity contribution in [1.82, 2.24) is 10.2 Å². The zero-order valence-corrected chi connectivity index (χ0v) is 14.5. The van der Waals surface area contributed by atoms with E-state index in [1.807, 2.05) is 31.2 Å². The third-order valence-electron chi connectivity index (χ3n) is 5.29. The monoisotopic (exact) mass is 346 g/mol. The number of rotatable bonds is 4. The van der Waals surface area contributed by atoms with Gasteiger partial charge in [0.1, 0.15) is 0 Å². The predicted octanol–water partition coefficient (Wildman–Crippen LogP) is 0.165. The first-order chi connectivity index (χ1) is 11.9. The summed E-state index contributed by atoms with van der Waals surface area (Å²) < 4.78 is 5.12. The first kappa shape index (κ1) is 17.6. The first-order valence-electron chi connectivity index (χ1n) is 8.31. The minimum Gasteiger partial charge on any atom is -0.465 e. The van der Waals surface area contributed by atoms with Gasteiger partial charge in [0.15, 0.2) is 5.54 Å². The molecule has 2 saturated heterocycles. The number of likely N-dealkylation sites (tertiary alicyclic amines) is 1. The third kappa shape index (κ3) is 2.38. The molecule has 7 heteroatoms. The fourth-order valence-corrected chi connectivity index (χ4v) is 4.01. The van der Waals surface area contributed by atoms with Crippen molar-refractivity contribution in [2.24, 2.45) is 11.8 Å². The van der Waals surface area contributed by atoms with Crippen molar-refractivity contribution in [1.29, 1.82) is 0 Å². The van der Waals surface area contributed by atoms with E-state index >= 15 is 0 Å². The summed E-state index contributed by atoms with van der Waals surface area (Å²) in [6.45, 7) is 3.05. The number of esters is 1. The van der Waals surface area contributed by atoms with Crippen LogP contribution in [0.25, 0.3) is 0 Å². The van der Waals surface area contributed by atoms with Gasteiger partial charge in [-0.15, -0.1) is 0 Å². The van der Waals surface area contributed by atoms with Gasteiger partial charge in [-0.05, 0) is 25.0 Å². The molecule has 0 unspecified atom stereocenters. The molecule has 0 aromatic heterocycles. The van der Waals surface area contributed by atoms with E-state index in [2.05, 4.69) is 5.32 Å². The van der Waals surface area contributed by atoms with Gasteiger partial charge in [0, 0.05) is 13.1 Å². The fraction of sp³-hybridized carbons (Fsp3) is 0.500. The fourth-order valence-electron chi connectivity index (χ4n) is 4.01. The molecule has 0 radical (unpaired) electrons. The Morgan fingerprint density at radius 3 is 2.60 bits per heavy atom. The first-order valence-corrected chi connectivity index (χ1v) is 8.31. The molecular weight excluding hydrogens is 324 g/mol. The zero-order valence-electron chi connectivity index (χ0n) is 14.5. The van der Waals surface area contributed by atoms with Crippen molar-refractivity contribution in [2.75, 3.05) is 20.3 Å². The number of hydrogen-bond donors (Lipinski definition) is 2. The van der Waals surface area contributed by atoms with Crippen LogP contribution in [0.1, 0.15) is 24.1 Å². The van der Waals surface area contributed by atoms with Gasteiger partial charge in [0.2, 0.25) is 11.8 Å². The van der Waals surface area contributed by atoms with Gasteiger partial charge in [-0.1, -0.05) is 24.3 Å². The van der Waals surface area contributed by atoms with Crippen molar-refractivity contribution in [2.45, 2.75) is 25.4 Å². The van der Waals surface area contributed by atoms with Crippen molar-refractivity contribution in [3.63, 3.8) is 0 Å². The Hall–Kier alpha value is -2.25. The molecule has 0 aliphatic carbocycles. The lowest BCUT2D eigenvalue weighted by Gasteiger charge is -2.30. The third-order valence-corrected chi connectivity index (χ3v) is 5.29. The van der Waals surface area contributed by atoms with Crippen LogP contribution in [0, 0.1) is 18.8 Å². The average molecular weight is 346 g/mol. The van der Waals surface area contributed by atoms with E-state index in [1.54, 1.807) is 6.92 Å². The van der Waals surface area contributed by atoms with Gasteiger partial charge < -0.3 is 9.84 Å². The Labute approximate surface area is 146 Å². The SMILES string of the molecule is CCOC(=O)[C@]1(CO)N[C@@H](c2ccccc2C)[C@H]2C(=O)N(C)C(=O)[C@H]21. The number of nitrogens with zero attached hydrogens (tertiary/aromatic N) is 1. The number of aliphatic hydroxyl groups excluding tert-OH is 1. The van der Waals surface area contributed by atoms with E-state index in [0.717, 1.165) is 16.0 Å². The van der Waals surface area contributed by atoms with Crippen LogP contribution in [0.4, 0.5) is 0 Å². The summed E-state index contributed by atoms with van der Waals surface area (Å²) in [6.07, 6.45) is 0. The van der Waals surface area contributed by atoms with Crippen LogP contribution >= 0.6 is 0 Å². The number of aryl methyl sites for hydroxylation is 1. The van der Waals surface area contributed by atoms with Gasteiger partial charge >= 0.3 is 5.97 Å². The molecule has 134 valence electrons. The van der Waals surface area contributed by atoms with Crippen LogP contribution in [0.2, 0.25) is 0 Å². The molecule has 25 heavy (non-hydrogen) atoms. The maximum absolute atomic E-state index is 12.7. The minimum atomic E-state index is -1.62. The Bertz CT molecular complexity index is 734. The number of hydrogen-bond acceptors (Lipinski definition) is 6. The lowest BCUT2D eigenvalue weighted by molar-refractivity contribution is -0.158. The standard InChI is InChI=1S/C18H22N2O5/c1-4-25-17(24)18(9-21)13-12(15(22)20(3)16(13)23)14(19-18)11-8-6-5-7-10(11)2/h5-8,12-14,19,21H,4,9H2,1-3H3/t12-,13-,14-,18+/m0/s1. The summed E-state index contributed by atoms with van der Waals surface area (Å²) in [5.74, 6) is -3.27. The molecule has 0 saturated carbocycles. The highest BCUT2D eigenvalue weighted by Crippen LogP contribution is 2.49. The van der Waals surface area contributed by atoms with E-state index in [-0.39, 0.29) is 12.5 Å². The smallest absolute Gasteiger partial charge is 0.329 e. The van der Waals surface area contributed by atoms with Crippen LogP contribution < -0.4 is 5.32 Å². The molecule has 2 heterocycles. The highest BCUT2D eigenvalue weighted by Gasteiger charge is 2.68. The second kappa shape index (κ2) is 6.24. The van der Waals surface area contributed by atoms with Crippen molar-refractivity contribution in [3.8, 4) is 0 Å². The number of carbonyl (C=O) groups excluding carboxylic acids is 3. The molecule has 3 rings (SSSR count). The second-order valence-electron chi connectivity index (χ2n) is 6.57. The molecule has 0 spiro atoms. The van der Waals surface area contributed by atoms with Gasteiger partial charge in [-0.2, -0.15) is 0 Å². The maximum Gasteiger partial charge on any atom is 0.329 e. The van der Waals surface area contributed by atoms with Crippen molar-refractivity contribution < 1.29 is 24.2 Å². The number of fused-ring (bicyclic) bond motifs is 1. The van der Waals surface area contributed by atoms with E-state index in [4.69, 9.17) is 4.74 Å². The molecule has 2 N–H and O–H groups in total. The Morgan fingerprint density at radius 2 is 2.00 bits per heavy atom. The molecule has 2 aliphatic rings. The van der Waals surface area contributed by atoms with E-state index < -0.39 is 41.9 Å². The number of aliphatic hydroxyl groups is 1. The molecular formula is C18H22N2O5. The molecule has 2 amide bonds. The van der Waals surface area contributed by atoms with Gasteiger partial charge in [-0.3, -0.25) is 19.8 Å². The molecule has 1 aromatic rings. The van der Waals surface area contributed by atoms with Crippen LogP contribution in [0.15, 0.2) is 24.3 Å². The molecule has 1 aromatic carbocycles. The quantitative estimate of drug-likeness (QED) is 0.596. The molecule has 0 bridgehead atoms. The number of ether oxygens (including phenoxy) is 1. The number of nitrogens with one attached hydrogen (secondary N) is 1. The second-order valence-corrected chi connectivity index (χ2v) is 6.57. The Morgan fingerprint density at radius 1 is 1.32 bits per heavy atom. The lowest BCUT2D eigenvalue weighted by atomic mass is 9.79. The van der Waals surface area contributed by atoms with Crippen LogP contribution in [-0.4, -0.2) is 53.6 Å². The normalized spacial score (nSPS) is 31.4. The van der Waals surface area contributed by atoms with E-state index in [0.29, 0.717) is 0 Å². The summed E-state index contributed by atoms with van der Waals surface area (Å²) >= 11 is 0. The Balaban J connectivity index is 2.14. The lowest BCUT2D eigenvalue weighted by Crippen LogP contribution is -2.58. The zero-order chi connectivity index (χ0) is 18.4. The summed E-state index contributed by atoms with van der Waals surface area (Å²) in [7, 11) is 1.41. The number of benzene rings is 1. The minimum absolute atomic E-state index is 0.118. The van der Waals surface area contributed by atoms with Crippen LogP contribution in [-0.2, 0) is 19.1 Å². The van der Waals surface area contributed by atoms with E-state index in [1.165, 1.54) is 7.05 Å². The average Bonchev–Trinajstić information content (AvgIpc) is 3.06. The highest BCUT2D eigenvalue weighted by atomic mass is 16.5. The maximum atomic E-state index is 12.7. The number of imide groups is 1. The molecule has 2 aliphatic heterocycles. The van der Waals surface area contributed by atoms with Crippen molar-refractivity contribution >= 4 is 17.8 Å². The topological polar surface area (TPSA) is 95.9 Å². The summed E-state index contributed by atoms with van der Waals surface area (Å²) in [5.41, 5.74) is 0.144. The molecule has 7 nitrogen and oxygen atoms in total. The van der Waals surface area contributed by atoms with Crippen molar-refractivity contribution in [3.05, 3.63) is 35.4 Å². The summed E-state index contributed by atoms with van der Waals surface area (Å²) in [5, 5.41) is 13.1. The Kier molecular flexibility index (Phi) is 4.38. The summed E-state index contributed by atoms with van der Waals surface area (Å²) in [4.78, 5) is 39.1. The highest BCUT2D eigenvalue weighted by molar-refractivity contribution is 6.09. The van der Waals surface area contributed by atoms with E-state index in [9.17, 15) is 19.5 Å². The van der Waals surface area contributed by atoms with Crippen LogP contribution in [0.5, 0.6) is 0 Å². The van der Waals surface area contributed by atoms with Gasteiger partial charge in [0.25, 0.3) is 0 Å². The largest absolute Gasteiger partial charge is 0.465 e. The van der Waals surface area contributed by atoms with Gasteiger partial charge in [-0.25, -0.2) is 4.79 Å².